The molecule has 1 unspecified atom stereocenters. The van der Waals surface area contributed by atoms with Gasteiger partial charge in [-0.1, -0.05) is 17.7 Å². The van der Waals surface area contributed by atoms with Crippen LogP contribution in [-0.4, -0.2) is 50.8 Å². The summed E-state index contributed by atoms with van der Waals surface area (Å²) in [5.41, 5.74) is 0.944. The molecule has 120 valence electrons. The lowest BCUT2D eigenvalue weighted by atomic mass is 10.2. The zero-order valence-electron chi connectivity index (χ0n) is 12.4. The third kappa shape index (κ3) is 3.63. The molecular formula is C14H18N2O5S. The number of sulfonamides is 1. The number of ether oxygens (including phenoxy) is 1. The molecule has 1 aliphatic heterocycles. The van der Waals surface area contributed by atoms with Gasteiger partial charge in [-0.3, -0.25) is 4.79 Å². The van der Waals surface area contributed by atoms with Gasteiger partial charge >= 0.3 is 5.97 Å². The average Bonchev–Trinajstić information content (AvgIpc) is 2.84. The van der Waals surface area contributed by atoms with Gasteiger partial charge in [-0.25, -0.2) is 13.2 Å². The normalized spacial score (nSPS) is 18.3. The van der Waals surface area contributed by atoms with Gasteiger partial charge in [0.2, 0.25) is 15.9 Å². The van der Waals surface area contributed by atoms with Crippen molar-refractivity contribution in [3.05, 3.63) is 29.8 Å². The summed E-state index contributed by atoms with van der Waals surface area (Å²) >= 11 is 0. The largest absolute Gasteiger partial charge is 0.464 e. The molecule has 22 heavy (non-hydrogen) atoms. The standard InChI is InChI=1S/C14H18N2O5S/c1-10-3-5-11(6-4-10)22(19,20)16(2)9-13(17)15-12-7-8-21-14(12)18/h3-6,12H,7-9H2,1-2H3,(H,15,17). The fourth-order valence-electron chi connectivity index (χ4n) is 2.04. The summed E-state index contributed by atoms with van der Waals surface area (Å²) in [7, 11) is -2.42. The Morgan fingerprint density at radius 1 is 1.36 bits per heavy atom. The summed E-state index contributed by atoms with van der Waals surface area (Å²) in [6.07, 6.45) is 0.402. The number of likely N-dealkylation sites (N-methyl/N-ethyl adjacent to an activating group) is 1. The number of nitrogens with one attached hydrogen (secondary N) is 1. The third-order valence-electron chi connectivity index (χ3n) is 3.37. The Hall–Kier alpha value is -1.93. The van der Waals surface area contributed by atoms with Gasteiger partial charge in [0.05, 0.1) is 18.0 Å². The van der Waals surface area contributed by atoms with Gasteiger partial charge in [0.25, 0.3) is 0 Å². The highest BCUT2D eigenvalue weighted by Crippen LogP contribution is 2.15. The Morgan fingerprint density at radius 3 is 2.55 bits per heavy atom. The molecule has 0 aromatic heterocycles. The Kier molecular flexibility index (Phi) is 4.82. The van der Waals surface area contributed by atoms with Crippen LogP contribution in [-0.2, 0) is 24.3 Å². The fourth-order valence-corrected chi connectivity index (χ4v) is 3.17. The molecule has 1 fully saturated rings. The number of aryl methyl sites for hydroxylation is 1. The van der Waals surface area contributed by atoms with Crippen molar-refractivity contribution in [2.45, 2.75) is 24.3 Å². The van der Waals surface area contributed by atoms with Crippen molar-refractivity contribution in [1.29, 1.82) is 0 Å². The smallest absolute Gasteiger partial charge is 0.328 e. The molecule has 1 N–H and O–H groups in total. The van der Waals surface area contributed by atoms with Crippen molar-refractivity contribution < 1.29 is 22.7 Å². The molecule has 0 saturated carbocycles. The Labute approximate surface area is 129 Å². The van der Waals surface area contributed by atoms with Crippen LogP contribution < -0.4 is 5.32 Å². The van der Waals surface area contributed by atoms with Crippen LogP contribution in [0.2, 0.25) is 0 Å². The number of hydrogen-bond donors (Lipinski definition) is 1. The Bertz CT molecular complexity index is 669. The lowest BCUT2D eigenvalue weighted by Gasteiger charge is -2.18. The number of rotatable bonds is 5. The van der Waals surface area contributed by atoms with Crippen LogP contribution in [0.25, 0.3) is 0 Å². The van der Waals surface area contributed by atoms with E-state index in [0.717, 1.165) is 9.87 Å². The van der Waals surface area contributed by atoms with Gasteiger partial charge in [-0.05, 0) is 19.1 Å². The molecule has 1 amide bonds. The summed E-state index contributed by atoms with van der Waals surface area (Å²) in [6, 6.07) is 5.67. The van der Waals surface area contributed by atoms with Gasteiger partial charge in [0.15, 0.2) is 0 Å². The Morgan fingerprint density at radius 2 is 2.00 bits per heavy atom. The fraction of sp³-hybridized carbons (Fsp3) is 0.429. The van der Waals surface area contributed by atoms with E-state index in [1.807, 2.05) is 6.92 Å². The molecule has 0 aliphatic carbocycles. The van der Waals surface area contributed by atoms with Crippen molar-refractivity contribution in [3.63, 3.8) is 0 Å². The SMILES string of the molecule is Cc1ccc(S(=O)(=O)N(C)CC(=O)NC2CCOC2=O)cc1. The first kappa shape index (κ1) is 16.4. The minimum atomic E-state index is -3.74. The maximum Gasteiger partial charge on any atom is 0.328 e. The zero-order chi connectivity index (χ0) is 16.3. The van der Waals surface area contributed by atoms with E-state index in [0.29, 0.717) is 6.42 Å². The number of esters is 1. The van der Waals surface area contributed by atoms with Gasteiger partial charge in [-0.2, -0.15) is 4.31 Å². The predicted molar refractivity (Wildman–Crippen MR) is 78.5 cm³/mol. The molecule has 2 rings (SSSR count). The van der Waals surface area contributed by atoms with E-state index in [2.05, 4.69) is 5.32 Å². The van der Waals surface area contributed by atoms with E-state index in [4.69, 9.17) is 4.74 Å². The monoisotopic (exact) mass is 326 g/mol. The van der Waals surface area contributed by atoms with Crippen LogP contribution in [0.4, 0.5) is 0 Å². The van der Waals surface area contributed by atoms with E-state index < -0.39 is 27.9 Å². The van der Waals surface area contributed by atoms with Crippen LogP contribution >= 0.6 is 0 Å². The van der Waals surface area contributed by atoms with Gasteiger partial charge in [-0.15, -0.1) is 0 Å². The zero-order valence-corrected chi connectivity index (χ0v) is 13.2. The molecule has 7 nitrogen and oxygen atoms in total. The third-order valence-corrected chi connectivity index (χ3v) is 5.18. The van der Waals surface area contributed by atoms with E-state index >= 15 is 0 Å². The van der Waals surface area contributed by atoms with E-state index in [-0.39, 0.29) is 18.0 Å². The highest BCUT2D eigenvalue weighted by Gasteiger charge is 2.29. The van der Waals surface area contributed by atoms with E-state index in [1.54, 1.807) is 12.1 Å². The quantitative estimate of drug-likeness (QED) is 0.772. The summed E-state index contributed by atoms with van der Waals surface area (Å²) in [6.45, 7) is 1.76. The minimum absolute atomic E-state index is 0.119. The van der Waals surface area contributed by atoms with Gasteiger partial charge in [0, 0.05) is 13.5 Å². The van der Waals surface area contributed by atoms with Crippen LogP contribution in [0.15, 0.2) is 29.2 Å². The summed E-state index contributed by atoms with van der Waals surface area (Å²) < 4.78 is 30.4. The molecule has 0 radical (unpaired) electrons. The second kappa shape index (κ2) is 6.45. The highest BCUT2D eigenvalue weighted by atomic mass is 32.2. The molecule has 1 aromatic rings. The van der Waals surface area contributed by atoms with Crippen LogP contribution in [0.1, 0.15) is 12.0 Å². The maximum absolute atomic E-state index is 12.3. The summed E-state index contributed by atoms with van der Waals surface area (Å²) in [5, 5.41) is 2.47. The van der Waals surface area contributed by atoms with E-state index in [1.165, 1.54) is 19.2 Å². The van der Waals surface area contributed by atoms with Crippen LogP contribution in [0.3, 0.4) is 0 Å². The topological polar surface area (TPSA) is 92.8 Å². The minimum Gasteiger partial charge on any atom is -0.464 e. The molecule has 8 heteroatoms. The maximum atomic E-state index is 12.3. The summed E-state index contributed by atoms with van der Waals surface area (Å²) in [4.78, 5) is 23.3. The predicted octanol–water partition coefficient (Wildman–Crippen LogP) is 0.0472. The average molecular weight is 326 g/mol. The van der Waals surface area contributed by atoms with Crippen molar-refractivity contribution in [2.24, 2.45) is 0 Å². The van der Waals surface area contributed by atoms with Crippen molar-refractivity contribution in [1.82, 2.24) is 9.62 Å². The summed E-state index contributed by atoms with van der Waals surface area (Å²) in [5.74, 6) is -1.03. The molecular weight excluding hydrogens is 308 g/mol. The molecule has 1 aromatic carbocycles. The number of benzene rings is 1. The van der Waals surface area contributed by atoms with Gasteiger partial charge < -0.3 is 10.1 Å². The van der Waals surface area contributed by atoms with Crippen LogP contribution in [0, 0.1) is 6.92 Å². The second-order valence-electron chi connectivity index (χ2n) is 5.15. The molecule has 1 aliphatic rings. The van der Waals surface area contributed by atoms with Crippen molar-refractivity contribution in [3.8, 4) is 0 Å². The number of amides is 1. The van der Waals surface area contributed by atoms with Crippen LogP contribution in [0.5, 0.6) is 0 Å². The molecule has 0 spiro atoms. The molecule has 1 atom stereocenters. The number of carbonyl (C=O) groups excluding carboxylic acids is 2. The second-order valence-corrected chi connectivity index (χ2v) is 7.20. The number of cyclic esters (lactones) is 1. The van der Waals surface area contributed by atoms with E-state index in [9.17, 15) is 18.0 Å². The lowest BCUT2D eigenvalue weighted by molar-refractivity contribution is -0.141. The number of nitrogens with zero attached hydrogens (tertiary/aromatic N) is 1. The molecule has 1 saturated heterocycles. The van der Waals surface area contributed by atoms with Crippen molar-refractivity contribution in [2.75, 3.05) is 20.2 Å². The van der Waals surface area contributed by atoms with Crippen molar-refractivity contribution >= 4 is 21.9 Å². The number of hydrogen-bond acceptors (Lipinski definition) is 5. The Balaban J connectivity index is 2.01. The highest BCUT2D eigenvalue weighted by molar-refractivity contribution is 7.89. The first-order chi connectivity index (χ1) is 10.3. The molecule has 1 heterocycles. The first-order valence-corrected chi connectivity index (χ1v) is 8.24. The van der Waals surface area contributed by atoms with Gasteiger partial charge in [0.1, 0.15) is 6.04 Å². The lowest BCUT2D eigenvalue weighted by Crippen LogP contribution is -2.44. The molecule has 0 bridgehead atoms. The number of carbonyl (C=O) groups is 2. The first-order valence-electron chi connectivity index (χ1n) is 6.80.